The van der Waals surface area contributed by atoms with E-state index < -0.39 is 11.9 Å². The first-order valence-electron chi connectivity index (χ1n) is 10.2. The number of urea groups is 1. The number of carboxylic acids is 1. The normalized spacial score (nSPS) is 28.2. The van der Waals surface area contributed by atoms with Crippen molar-refractivity contribution in [2.45, 2.75) is 50.2 Å². The number of amides is 2. The Bertz CT molecular complexity index is 736. The minimum Gasteiger partial charge on any atom is -0.497 e. The molecule has 3 aliphatic rings. The molecule has 2 heterocycles. The predicted octanol–water partition coefficient (Wildman–Crippen LogP) is 2.48. The maximum Gasteiger partial charge on any atom is 0.317 e. The first-order valence-corrected chi connectivity index (χ1v) is 10.2. The van der Waals surface area contributed by atoms with E-state index in [1.807, 2.05) is 12.1 Å². The quantitative estimate of drug-likeness (QED) is 0.811. The van der Waals surface area contributed by atoms with Gasteiger partial charge >= 0.3 is 12.0 Å². The minimum absolute atomic E-state index is 0.0189. The lowest BCUT2D eigenvalue weighted by molar-refractivity contribution is -0.143. The van der Waals surface area contributed by atoms with E-state index in [2.05, 4.69) is 22.3 Å². The van der Waals surface area contributed by atoms with Crippen LogP contribution >= 0.6 is 0 Å². The van der Waals surface area contributed by atoms with Gasteiger partial charge in [-0.1, -0.05) is 12.1 Å². The summed E-state index contributed by atoms with van der Waals surface area (Å²) in [7, 11) is 1.67. The van der Waals surface area contributed by atoms with Crippen LogP contribution in [0.1, 0.15) is 43.7 Å². The topological polar surface area (TPSA) is 82.1 Å². The van der Waals surface area contributed by atoms with Gasteiger partial charge in [0, 0.05) is 25.7 Å². The zero-order chi connectivity index (χ0) is 19.7. The maximum absolute atomic E-state index is 12.9. The molecule has 3 fully saturated rings. The molecule has 1 saturated carbocycles. The van der Waals surface area contributed by atoms with Gasteiger partial charge < -0.3 is 20.1 Å². The molecule has 0 radical (unpaired) electrons. The molecule has 0 bridgehead atoms. The van der Waals surface area contributed by atoms with Crippen molar-refractivity contribution in [1.29, 1.82) is 0 Å². The van der Waals surface area contributed by atoms with Crippen LogP contribution in [0.5, 0.6) is 5.75 Å². The fourth-order valence-corrected chi connectivity index (χ4v) is 4.65. The summed E-state index contributed by atoms with van der Waals surface area (Å²) in [6.45, 7) is 1.89. The van der Waals surface area contributed by atoms with Gasteiger partial charge in [-0.2, -0.15) is 0 Å². The highest BCUT2D eigenvalue weighted by molar-refractivity contribution is 5.77. The Morgan fingerprint density at radius 3 is 2.71 bits per heavy atom. The number of ether oxygens (including phenoxy) is 1. The Labute approximate surface area is 165 Å². The second kappa shape index (κ2) is 7.99. The van der Waals surface area contributed by atoms with Gasteiger partial charge in [0.15, 0.2) is 0 Å². The van der Waals surface area contributed by atoms with Gasteiger partial charge in [0.25, 0.3) is 0 Å². The second-order valence-electron chi connectivity index (χ2n) is 8.16. The van der Waals surface area contributed by atoms with E-state index in [1.165, 1.54) is 12.8 Å². The molecule has 3 atom stereocenters. The number of benzene rings is 1. The van der Waals surface area contributed by atoms with Crippen molar-refractivity contribution >= 4 is 12.0 Å². The third-order valence-electron chi connectivity index (χ3n) is 6.25. The van der Waals surface area contributed by atoms with Gasteiger partial charge in [-0.05, 0) is 49.8 Å². The highest BCUT2D eigenvalue weighted by atomic mass is 16.5. The molecule has 7 nitrogen and oxygen atoms in total. The molecular formula is C21H29N3O4. The van der Waals surface area contributed by atoms with Crippen LogP contribution in [0.2, 0.25) is 0 Å². The number of nitrogens with zero attached hydrogens (tertiary/aromatic N) is 2. The number of carbonyl (C=O) groups excluding carboxylic acids is 1. The van der Waals surface area contributed by atoms with Crippen molar-refractivity contribution in [1.82, 2.24) is 15.1 Å². The highest BCUT2D eigenvalue weighted by Crippen LogP contribution is 2.41. The third-order valence-corrected chi connectivity index (χ3v) is 6.25. The van der Waals surface area contributed by atoms with E-state index in [-0.39, 0.29) is 18.1 Å². The Morgan fingerprint density at radius 2 is 2.00 bits per heavy atom. The fraction of sp³-hybridized carbons (Fsp3) is 0.619. The van der Waals surface area contributed by atoms with Gasteiger partial charge in [-0.25, -0.2) is 4.79 Å². The molecule has 2 aliphatic heterocycles. The molecule has 152 valence electrons. The summed E-state index contributed by atoms with van der Waals surface area (Å²) < 4.78 is 5.40. The van der Waals surface area contributed by atoms with Gasteiger partial charge in [-0.15, -0.1) is 0 Å². The molecule has 2 N–H and O–H groups in total. The van der Waals surface area contributed by atoms with Crippen molar-refractivity contribution in [3.05, 3.63) is 29.8 Å². The number of nitrogens with one attached hydrogen (secondary N) is 1. The summed E-state index contributed by atoms with van der Waals surface area (Å²) in [6.07, 6.45) is 4.72. The van der Waals surface area contributed by atoms with E-state index in [0.717, 1.165) is 30.7 Å². The summed E-state index contributed by atoms with van der Waals surface area (Å²) in [6, 6.07) is 8.72. The zero-order valence-electron chi connectivity index (χ0n) is 16.3. The number of likely N-dealkylation sites (tertiary alicyclic amines) is 2. The summed E-state index contributed by atoms with van der Waals surface area (Å²) in [5.41, 5.74) is 1.16. The summed E-state index contributed by atoms with van der Waals surface area (Å²) >= 11 is 0. The maximum atomic E-state index is 12.9. The van der Waals surface area contributed by atoms with Crippen molar-refractivity contribution in [2.75, 3.05) is 26.7 Å². The first-order chi connectivity index (χ1) is 13.6. The molecule has 1 aliphatic carbocycles. The molecule has 28 heavy (non-hydrogen) atoms. The molecule has 2 amide bonds. The number of rotatable bonds is 5. The molecular weight excluding hydrogens is 358 g/mol. The Kier molecular flexibility index (Phi) is 5.44. The summed E-state index contributed by atoms with van der Waals surface area (Å²) in [4.78, 5) is 28.4. The number of methoxy groups -OCH3 is 1. The van der Waals surface area contributed by atoms with Crippen LogP contribution in [-0.2, 0) is 4.79 Å². The van der Waals surface area contributed by atoms with Crippen molar-refractivity contribution < 1.29 is 19.4 Å². The van der Waals surface area contributed by atoms with Crippen LogP contribution in [0, 0.1) is 5.92 Å². The molecule has 1 aromatic rings. The van der Waals surface area contributed by atoms with Crippen LogP contribution in [0.4, 0.5) is 4.79 Å². The molecule has 0 spiro atoms. The SMILES string of the molecule is COc1cccc(C2C(NC(=O)N3CCCC(C(=O)O)C3)CCN2C2CC2)c1. The van der Waals surface area contributed by atoms with Crippen LogP contribution in [0.25, 0.3) is 0 Å². The lowest BCUT2D eigenvalue weighted by atomic mass is 9.98. The minimum atomic E-state index is -0.812. The van der Waals surface area contributed by atoms with Gasteiger partial charge in [-0.3, -0.25) is 9.69 Å². The molecule has 0 aromatic heterocycles. The van der Waals surface area contributed by atoms with Crippen LogP contribution in [-0.4, -0.2) is 65.7 Å². The average molecular weight is 387 g/mol. The van der Waals surface area contributed by atoms with E-state index in [0.29, 0.717) is 25.6 Å². The smallest absolute Gasteiger partial charge is 0.317 e. The first kappa shape index (κ1) is 19.1. The van der Waals surface area contributed by atoms with Crippen molar-refractivity contribution in [2.24, 2.45) is 5.92 Å². The van der Waals surface area contributed by atoms with Crippen molar-refractivity contribution in [3.8, 4) is 5.75 Å². The molecule has 2 saturated heterocycles. The molecule has 1 aromatic carbocycles. The number of hydrogen-bond donors (Lipinski definition) is 2. The summed E-state index contributed by atoms with van der Waals surface area (Å²) in [5.74, 6) is -0.446. The number of hydrogen-bond acceptors (Lipinski definition) is 4. The highest BCUT2D eigenvalue weighted by Gasteiger charge is 2.44. The van der Waals surface area contributed by atoms with Crippen LogP contribution in [0.15, 0.2) is 24.3 Å². The standard InChI is InChI=1S/C21H29N3O4/c1-28-17-6-2-4-14(12-17)19-18(9-11-24(19)16-7-8-16)22-21(27)23-10-3-5-15(13-23)20(25)26/h2,4,6,12,15-16,18-19H,3,5,7-11,13H2,1H3,(H,22,27)(H,25,26). The predicted molar refractivity (Wildman–Crippen MR) is 104 cm³/mol. The number of carboxylic acid groups (broad SMARTS) is 1. The molecule has 4 rings (SSSR count). The Morgan fingerprint density at radius 1 is 1.18 bits per heavy atom. The van der Waals surface area contributed by atoms with Gasteiger partial charge in [0.1, 0.15) is 5.75 Å². The largest absolute Gasteiger partial charge is 0.497 e. The number of piperidine rings is 1. The van der Waals surface area contributed by atoms with Gasteiger partial charge in [0.2, 0.25) is 0 Å². The number of carbonyl (C=O) groups is 2. The molecule has 3 unspecified atom stereocenters. The summed E-state index contributed by atoms with van der Waals surface area (Å²) in [5, 5.41) is 12.5. The van der Waals surface area contributed by atoms with E-state index in [4.69, 9.17) is 4.74 Å². The van der Waals surface area contributed by atoms with E-state index in [9.17, 15) is 14.7 Å². The number of aliphatic carboxylic acids is 1. The monoisotopic (exact) mass is 387 g/mol. The molecule has 7 heteroatoms. The Hall–Kier alpha value is -2.28. The Balaban J connectivity index is 1.49. The van der Waals surface area contributed by atoms with Crippen LogP contribution in [0.3, 0.4) is 0 Å². The fourth-order valence-electron chi connectivity index (χ4n) is 4.65. The van der Waals surface area contributed by atoms with Crippen LogP contribution < -0.4 is 10.1 Å². The average Bonchev–Trinajstić information content (AvgIpc) is 3.48. The lowest BCUT2D eigenvalue weighted by Gasteiger charge is -2.34. The third kappa shape index (κ3) is 3.94. The zero-order valence-corrected chi connectivity index (χ0v) is 16.3. The van der Waals surface area contributed by atoms with Gasteiger partial charge in [0.05, 0.1) is 25.1 Å². The second-order valence-corrected chi connectivity index (χ2v) is 8.16. The van der Waals surface area contributed by atoms with E-state index in [1.54, 1.807) is 12.0 Å². The van der Waals surface area contributed by atoms with E-state index >= 15 is 0 Å². The van der Waals surface area contributed by atoms with Crippen molar-refractivity contribution in [3.63, 3.8) is 0 Å². The lowest BCUT2D eigenvalue weighted by Crippen LogP contribution is -2.50.